The van der Waals surface area contributed by atoms with E-state index in [1.165, 1.54) is 28.2 Å². The fourth-order valence-electron chi connectivity index (χ4n) is 2.24. The Hall–Kier alpha value is -3.00. The van der Waals surface area contributed by atoms with Gasteiger partial charge in [-0.15, -0.1) is 0 Å². The standard InChI is InChI=1S/C16H13N3O4S/c1-11-2-6-13(7-3-11)18-15(20)17(16(21)24-18)10-12-4-8-14(9-5-12)19(22)23/h2-9H,10H2,1H3. The summed E-state index contributed by atoms with van der Waals surface area (Å²) in [4.78, 5) is 34.4. The van der Waals surface area contributed by atoms with Crippen LogP contribution in [0.25, 0.3) is 5.69 Å². The van der Waals surface area contributed by atoms with Crippen molar-refractivity contribution < 1.29 is 4.92 Å². The Morgan fingerprint density at radius 3 is 2.25 bits per heavy atom. The molecule has 0 bridgehead atoms. The van der Waals surface area contributed by atoms with Gasteiger partial charge in [-0.3, -0.25) is 14.9 Å². The molecule has 0 amide bonds. The topological polar surface area (TPSA) is 87.1 Å². The first kappa shape index (κ1) is 15.9. The second kappa shape index (κ2) is 6.25. The van der Waals surface area contributed by atoms with Gasteiger partial charge in [0.1, 0.15) is 0 Å². The Labute approximate surface area is 140 Å². The van der Waals surface area contributed by atoms with Crippen LogP contribution < -0.4 is 10.6 Å². The van der Waals surface area contributed by atoms with Gasteiger partial charge in [0.25, 0.3) is 5.69 Å². The minimum atomic E-state index is -0.495. The highest BCUT2D eigenvalue weighted by atomic mass is 32.1. The summed E-state index contributed by atoms with van der Waals surface area (Å²) in [7, 11) is 0. The largest absolute Gasteiger partial charge is 0.346 e. The van der Waals surface area contributed by atoms with E-state index in [-0.39, 0.29) is 17.1 Å². The van der Waals surface area contributed by atoms with Crippen molar-refractivity contribution >= 4 is 17.2 Å². The number of rotatable bonds is 4. The molecule has 3 aromatic rings. The number of hydrogen-bond donors (Lipinski definition) is 0. The Bertz CT molecular complexity index is 998. The molecule has 0 N–H and O–H groups in total. The molecule has 0 saturated heterocycles. The van der Waals surface area contributed by atoms with Crippen LogP contribution in [-0.2, 0) is 6.54 Å². The lowest BCUT2D eigenvalue weighted by molar-refractivity contribution is -0.384. The number of benzene rings is 2. The number of non-ortho nitro benzene ring substituents is 1. The van der Waals surface area contributed by atoms with Crippen molar-refractivity contribution in [3.05, 3.63) is 89.9 Å². The summed E-state index contributed by atoms with van der Waals surface area (Å²) in [6, 6.07) is 13.1. The average Bonchev–Trinajstić information content (AvgIpc) is 2.84. The number of nitro benzene ring substituents is 1. The van der Waals surface area contributed by atoms with Gasteiger partial charge >= 0.3 is 10.6 Å². The van der Waals surface area contributed by atoms with E-state index in [9.17, 15) is 19.7 Å². The Morgan fingerprint density at radius 2 is 1.67 bits per heavy atom. The van der Waals surface area contributed by atoms with E-state index < -0.39 is 10.6 Å². The summed E-state index contributed by atoms with van der Waals surface area (Å²) < 4.78 is 2.46. The SMILES string of the molecule is Cc1ccc(-n2sc(=O)n(Cc3ccc([N+](=O)[O-])cc3)c2=O)cc1. The molecule has 0 aliphatic carbocycles. The first-order chi connectivity index (χ1) is 11.5. The van der Waals surface area contributed by atoms with Crippen LogP contribution in [0.2, 0.25) is 0 Å². The molecule has 0 aliphatic heterocycles. The molecule has 0 atom stereocenters. The summed E-state index contributed by atoms with van der Waals surface area (Å²) in [6.07, 6.45) is 0. The molecule has 0 spiro atoms. The van der Waals surface area contributed by atoms with Crippen molar-refractivity contribution in [1.82, 2.24) is 8.52 Å². The monoisotopic (exact) mass is 343 g/mol. The van der Waals surface area contributed by atoms with Crippen LogP contribution in [0.4, 0.5) is 5.69 Å². The average molecular weight is 343 g/mol. The summed E-state index contributed by atoms with van der Waals surface area (Å²) >= 11 is 0.831. The molecular weight excluding hydrogens is 330 g/mol. The third-order valence-electron chi connectivity index (χ3n) is 3.55. The zero-order valence-corrected chi connectivity index (χ0v) is 13.5. The molecule has 0 radical (unpaired) electrons. The van der Waals surface area contributed by atoms with Crippen LogP contribution in [-0.4, -0.2) is 13.4 Å². The van der Waals surface area contributed by atoms with Gasteiger partial charge < -0.3 is 0 Å². The van der Waals surface area contributed by atoms with E-state index in [0.29, 0.717) is 11.3 Å². The maximum Gasteiger partial charge on any atom is 0.346 e. The summed E-state index contributed by atoms with van der Waals surface area (Å²) in [5, 5.41) is 10.7. The molecule has 1 heterocycles. The van der Waals surface area contributed by atoms with Crippen LogP contribution in [0.3, 0.4) is 0 Å². The maximum absolute atomic E-state index is 12.5. The second-order valence-electron chi connectivity index (χ2n) is 5.28. The Morgan fingerprint density at radius 1 is 1.04 bits per heavy atom. The third kappa shape index (κ3) is 3.04. The van der Waals surface area contributed by atoms with E-state index in [2.05, 4.69) is 0 Å². The Kier molecular flexibility index (Phi) is 4.13. The molecule has 122 valence electrons. The predicted molar refractivity (Wildman–Crippen MR) is 91.1 cm³/mol. The number of aryl methyl sites for hydroxylation is 1. The zero-order valence-electron chi connectivity index (χ0n) is 12.7. The van der Waals surface area contributed by atoms with Crippen molar-refractivity contribution in [2.45, 2.75) is 13.5 Å². The van der Waals surface area contributed by atoms with Crippen molar-refractivity contribution in [2.75, 3.05) is 0 Å². The van der Waals surface area contributed by atoms with Crippen molar-refractivity contribution in [1.29, 1.82) is 0 Å². The fraction of sp³-hybridized carbons (Fsp3) is 0.125. The van der Waals surface area contributed by atoms with Crippen LogP contribution in [0.1, 0.15) is 11.1 Å². The molecule has 0 fully saturated rings. The highest BCUT2D eigenvalue weighted by molar-refractivity contribution is 7.03. The van der Waals surface area contributed by atoms with Crippen LogP contribution in [0.5, 0.6) is 0 Å². The lowest BCUT2D eigenvalue weighted by Gasteiger charge is -2.02. The molecule has 3 rings (SSSR count). The van der Waals surface area contributed by atoms with Crippen LogP contribution in [0, 0.1) is 17.0 Å². The molecule has 0 aliphatic rings. The lowest BCUT2D eigenvalue weighted by atomic mass is 10.2. The van der Waals surface area contributed by atoms with Crippen molar-refractivity contribution in [3.8, 4) is 5.69 Å². The minimum Gasteiger partial charge on any atom is -0.258 e. The number of aromatic nitrogens is 2. The highest BCUT2D eigenvalue weighted by Crippen LogP contribution is 2.13. The van der Waals surface area contributed by atoms with Crippen molar-refractivity contribution in [2.24, 2.45) is 0 Å². The van der Waals surface area contributed by atoms with Crippen LogP contribution >= 0.6 is 11.5 Å². The van der Waals surface area contributed by atoms with E-state index in [4.69, 9.17) is 0 Å². The summed E-state index contributed by atoms with van der Waals surface area (Å²) in [5.74, 6) is 0. The smallest absolute Gasteiger partial charge is 0.258 e. The number of nitrogens with zero attached hydrogens (tertiary/aromatic N) is 3. The minimum absolute atomic E-state index is 0.0338. The third-order valence-corrected chi connectivity index (χ3v) is 4.48. The van der Waals surface area contributed by atoms with E-state index in [0.717, 1.165) is 21.7 Å². The zero-order chi connectivity index (χ0) is 17.3. The number of nitro groups is 1. The fourth-order valence-corrected chi connectivity index (χ4v) is 3.04. The van der Waals surface area contributed by atoms with Gasteiger partial charge in [-0.25, -0.2) is 13.3 Å². The highest BCUT2D eigenvalue weighted by Gasteiger charge is 2.13. The first-order valence-electron chi connectivity index (χ1n) is 7.09. The maximum atomic E-state index is 12.5. The van der Waals surface area contributed by atoms with E-state index in [1.807, 2.05) is 19.1 Å². The quantitative estimate of drug-likeness (QED) is 0.537. The normalized spacial score (nSPS) is 10.7. The molecular formula is C16H13N3O4S. The molecule has 0 unspecified atom stereocenters. The predicted octanol–water partition coefficient (Wildman–Crippen LogP) is 2.33. The van der Waals surface area contributed by atoms with Gasteiger partial charge in [0.15, 0.2) is 0 Å². The van der Waals surface area contributed by atoms with Gasteiger partial charge in [0.2, 0.25) is 0 Å². The summed E-state index contributed by atoms with van der Waals surface area (Å²) in [6.45, 7) is 2.01. The van der Waals surface area contributed by atoms with Gasteiger partial charge in [0, 0.05) is 23.7 Å². The van der Waals surface area contributed by atoms with Crippen molar-refractivity contribution in [3.63, 3.8) is 0 Å². The second-order valence-corrected chi connectivity index (χ2v) is 6.18. The summed E-state index contributed by atoms with van der Waals surface area (Å²) in [5.41, 5.74) is 1.88. The molecule has 0 saturated carbocycles. The molecule has 2 aromatic carbocycles. The number of hydrogen-bond acceptors (Lipinski definition) is 5. The molecule has 24 heavy (non-hydrogen) atoms. The van der Waals surface area contributed by atoms with Gasteiger partial charge in [0.05, 0.1) is 17.2 Å². The lowest BCUT2D eigenvalue weighted by Crippen LogP contribution is -2.28. The Balaban J connectivity index is 1.95. The molecule has 7 nitrogen and oxygen atoms in total. The van der Waals surface area contributed by atoms with Crippen LogP contribution in [0.15, 0.2) is 58.1 Å². The van der Waals surface area contributed by atoms with Gasteiger partial charge in [-0.05, 0) is 24.6 Å². The van der Waals surface area contributed by atoms with E-state index in [1.54, 1.807) is 12.1 Å². The molecule has 8 heteroatoms. The first-order valence-corrected chi connectivity index (χ1v) is 7.86. The van der Waals surface area contributed by atoms with Gasteiger partial charge in [-0.1, -0.05) is 29.8 Å². The van der Waals surface area contributed by atoms with Gasteiger partial charge in [-0.2, -0.15) is 0 Å². The van der Waals surface area contributed by atoms with E-state index >= 15 is 0 Å². The molecule has 1 aromatic heterocycles.